The van der Waals surface area contributed by atoms with Crippen molar-refractivity contribution >= 4 is 17.9 Å². The monoisotopic (exact) mass is 355 g/mol. The Morgan fingerprint density at radius 2 is 1.72 bits per heavy atom. The maximum absolute atomic E-state index is 12.6. The van der Waals surface area contributed by atoms with Gasteiger partial charge in [0, 0.05) is 5.41 Å². The van der Waals surface area contributed by atoms with Crippen LogP contribution in [0.5, 0.6) is 17.2 Å². The van der Waals surface area contributed by atoms with E-state index in [2.05, 4.69) is 9.73 Å². The maximum atomic E-state index is 12.6. The topological polar surface area (TPSA) is 66.4 Å². The van der Waals surface area contributed by atoms with Crippen molar-refractivity contribution < 1.29 is 32.5 Å². The van der Waals surface area contributed by atoms with E-state index in [9.17, 15) is 13.6 Å². The lowest BCUT2D eigenvalue weighted by Gasteiger charge is -2.15. The first-order valence-electron chi connectivity index (χ1n) is 7.39. The SMILES string of the molecule is COc1cc(C=C2N=C(C(C)(C)C)OC2=O)cc(OC)c1OC(F)F. The molecule has 0 saturated heterocycles. The summed E-state index contributed by atoms with van der Waals surface area (Å²) in [6.07, 6.45) is 1.46. The minimum Gasteiger partial charge on any atom is -0.493 e. The van der Waals surface area contributed by atoms with Crippen LogP contribution in [0.1, 0.15) is 26.3 Å². The Labute approximate surface area is 144 Å². The molecule has 0 saturated carbocycles. The normalized spacial score (nSPS) is 16.1. The smallest absolute Gasteiger partial charge is 0.387 e. The van der Waals surface area contributed by atoms with Crippen LogP contribution in [0, 0.1) is 5.41 Å². The number of aliphatic imine (C=N–C) groups is 1. The zero-order valence-electron chi connectivity index (χ0n) is 14.6. The summed E-state index contributed by atoms with van der Waals surface area (Å²) in [5.41, 5.74) is 0.132. The molecule has 1 aromatic carbocycles. The molecule has 0 aliphatic carbocycles. The summed E-state index contributed by atoms with van der Waals surface area (Å²) in [6.45, 7) is 2.57. The van der Waals surface area contributed by atoms with Crippen molar-refractivity contribution in [2.24, 2.45) is 10.4 Å². The minimum atomic E-state index is -3.03. The van der Waals surface area contributed by atoms with Gasteiger partial charge in [-0.2, -0.15) is 8.78 Å². The van der Waals surface area contributed by atoms with E-state index in [1.165, 1.54) is 32.4 Å². The van der Waals surface area contributed by atoms with E-state index < -0.39 is 18.0 Å². The van der Waals surface area contributed by atoms with E-state index >= 15 is 0 Å². The molecule has 1 heterocycles. The van der Waals surface area contributed by atoms with Crippen LogP contribution >= 0.6 is 0 Å². The molecule has 0 unspecified atom stereocenters. The highest BCUT2D eigenvalue weighted by Gasteiger charge is 2.31. The minimum absolute atomic E-state index is 0.0397. The van der Waals surface area contributed by atoms with E-state index in [4.69, 9.17) is 14.2 Å². The lowest BCUT2D eigenvalue weighted by atomic mass is 9.97. The first kappa shape index (κ1) is 18.7. The van der Waals surface area contributed by atoms with Crippen molar-refractivity contribution in [2.45, 2.75) is 27.4 Å². The first-order valence-corrected chi connectivity index (χ1v) is 7.39. The molecule has 0 bridgehead atoms. The predicted octanol–water partition coefficient (Wildman–Crippen LogP) is 3.65. The van der Waals surface area contributed by atoms with Crippen molar-refractivity contribution in [3.63, 3.8) is 0 Å². The summed E-state index contributed by atoms with van der Waals surface area (Å²) in [5.74, 6) is -0.429. The number of benzene rings is 1. The van der Waals surface area contributed by atoms with Crippen LogP contribution in [0.4, 0.5) is 8.78 Å². The summed E-state index contributed by atoms with van der Waals surface area (Å²) >= 11 is 0. The van der Waals surface area contributed by atoms with Gasteiger partial charge in [0.15, 0.2) is 17.2 Å². The fourth-order valence-electron chi connectivity index (χ4n) is 2.08. The fourth-order valence-corrected chi connectivity index (χ4v) is 2.08. The Hall–Kier alpha value is -2.64. The molecule has 0 amide bonds. The zero-order valence-corrected chi connectivity index (χ0v) is 14.6. The van der Waals surface area contributed by atoms with E-state index in [0.717, 1.165) is 0 Å². The summed E-state index contributed by atoms with van der Waals surface area (Å²) in [5, 5.41) is 0. The van der Waals surface area contributed by atoms with Gasteiger partial charge in [-0.05, 0) is 23.8 Å². The molecule has 6 nitrogen and oxygen atoms in total. The van der Waals surface area contributed by atoms with Crippen molar-refractivity contribution in [3.05, 3.63) is 23.4 Å². The third-order valence-electron chi connectivity index (χ3n) is 3.26. The summed E-state index contributed by atoms with van der Waals surface area (Å²) in [6, 6.07) is 2.87. The number of cyclic esters (lactones) is 1. The van der Waals surface area contributed by atoms with Gasteiger partial charge in [-0.3, -0.25) is 0 Å². The standard InChI is InChI=1S/C17H19F2NO5/c1-17(2,3)15-20-10(14(21)25-15)6-9-7-11(22-4)13(24-16(18)19)12(8-9)23-5/h6-8,16H,1-5H3. The van der Waals surface area contributed by atoms with Gasteiger partial charge in [0.25, 0.3) is 0 Å². The molecule has 1 aliphatic rings. The highest BCUT2D eigenvalue weighted by atomic mass is 19.3. The van der Waals surface area contributed by atoms with E-state index in [1.807, 2.05) is 20.8 Å². The molecule has 8 heteroatoms. The molecule has 25 heavy (non-hydrogen) atoms. The number of alkyl halides is 2. The van der Waals surface area contributed by atoms with Crippen molar-refractivity contribution in [2.75, 3.05) is 14.2 Å². The maximum Gasteiger partial charge on any atom is 0.387 e. The van der Waals surface area contributed by atoms with Gasteiger partial charge < -0.3 is 18.9 Å². The Morgan fingerprint density at radius 1 is 1.16 bits per heavy atom. The number of nitrogens with zero attached hydrogens (tertiary/aromatic N) is 1. The van der Waals surface area contributed by atoms with Crippen LogP contribution in [-0.2, 0) is 9.53 Å². The number of hydrogen-bond donors (Lipinski definition) is 0. The molecular formula is C17H19F2NO5. The van der Waals surface area contributed by atoms with Gasteiger partial charge in [0.2, 0.25) is 11.6 Å². The fraction of sp³-hybridized carbons (Fsp3) is 0.412. The van der Waals surface area contributed by atoms with Gasteiger partial charge in [-0.1, -0.05) is 20.8 Å². The molecule has 136 valence electrons. The number of methoxy groups -OCH3 is 2. The largest absolute Gasteiger partial charge is 0.493 e. The van der Waals surface area contributed by atoms with Gasteiger partial charge in [-0.25, -0.2) is 9.79 Å². The molecule has 0 aromatic heterocycles. The number of ether oxygens (including phenoxy) is 4. The number of rotatable bonds is 5. The Bertz CT molecular complexity index is 710. The number of carbonyl (C=O) groups excluding carboxylic acids is 1. The number of hydrogen-bond acceptors (Lipinski definition) is 6. The van der Waals surface area contributed by atoms with Crippen LogP contribution < -0.4 is 14.2 Å². The molecule has 0 atom stereocenters. The van der Waals surface area contributed by atoms with Crippen LogP contribution in [0.25, 0.3) is 6.08 Å². The molecule has 0 N–H and O–H groups in total. The average molecular weight is 355 g/mol. The second-order valence-electron chi connectivity index (χ2n) is 6.22. The lowest BCUT2D eigenvalue weighted by molar-refractivity contribution is -0.130. The van der Waals surface area contributed by atoms with Crippen LogP contribution in [0.15, 0.2) is 22.8 Å². The van der Waals surface area contributed by atoms with Crippen LogP contribution in [0.3, 0.4) is 0 Å². The van der Waals surface area contributed by atoms with Gasteiger partial charge in [-0.15, -0.1) is 0 Å². The number of esters is 1. The predicted molar refractivity (Wildman–Crippen MR) is 87.1 cm³/mol. The second kappa shape index (κ2) is 7.08. The molecule has 0 spiro atoms. The average Bonchev–Trinajstić information content (AvgIpc) is 2.89. The third-order valence-corrected chi connectivity index (χ3v) is 3.26. The highest BCUT2D eigenvalue weighted by molar-refractivity contribution is 6.08. The van der Waals surface area contributed by atoms with Crippen molar-refractivity contribution in [1.29, 1.82) is 0 Å². The summed E-state index contributed by atoms with van der Waals surface area (Å²) < 4.78 is 44.9. The summed E-state index contributed by atoms with van der Waals surface area (Å²) in [7, 11) is 2.62. The second-order valence-corrected chi connectivity index (χ2v) is 6.22. The van der Waals surface area contributed by atoms with E-state index in [1.54, 1.807) is 0 Å². The molecule has 0 radical (unpaired) electrons. The number of carbonyl (C=O) groups is 1. The number of halogens is 2. The zero-order chi connectivity index (χ0) is 18.8. The van der Waals surface area contributed by atoms with Crippen molar-refractivity contribution in [1.82, 2.24) is 0 Å². The molecule has 2 rings (SSSR count). The Balaban J connectivity index is 2.47. The molecular weight excluding hydrogens is 336 g/mol. The summed E-state index contributed by atoms with van der Waals surface area (Å²) in [4.78, 5) is 16.2. The van der Waals surface area contributed by atoms with Gasteiger partial charge in [0.1, 0.15) is 0 Å². The third kappa shape index (κ3) is 4.26. The van der Waals surface area contributed by atoms with E-state index in [-0.39, 0.29) is 22.9 Å². The molecule has 0 fully saturated rings. The lowest BCUT2D eigenvalue weighted by Crippen LogP contribution is -2.21. The molecule has 1 aliphatic heterocycles. The Kier molecular flexibility index (Phi) is 5.30. The van der Waals surface area contributed by atoms with Crippen LogP contribution in [-0.4, -0.2) is 32.7 Å². The van der Waals surface area contributed by atoms with E-state index in [0.29, 0.717) is 11.5 Å². The first-order chi connectivity index (χ1) is 11.7. The van der Waals surface area contributed by atoms with Gasteiger partial charge in [0.05, 0.1) is 14.2 Å². The van der Waals surface area contributed by atoms with Gasteiger partial charge >= 0.3 is 12.6 Å². The Morgan fingerprint density at radius 3 is 2.12 bits per heavy atom. The molecule has 1 aromatic rings. The van der Waals surface area contributed by atoms with Crippen molar-refractivity contribution in [3.8, 4) is 17.2 Å². The van der Waals surface area contributed by atoms with Crippen LogP contribution in [0.2, 0.25) is 0 Å². The quantitative estimate of drug-likeness (QED) is 0.596. The highest BCUT2D eigenvalue weighted by Crippen LogP contribution is 2.40.